The number of aryl methyl sites for hydroxylation is 2. The summed E-state index contributed by atoms with van der Waals surface area (Å²) in [6, 6.07) is 8.14. The van der Waals surface area contributed by atoms with E-state index in [0.717, 1.165) is 18.4 Å². The minimum Gasteiger partial charge on any atom is -0.335 e. The summed E-state index contributed by atoms with van der Waals surface area (Å²) in [6.45, 7) is 9.05. The number of imidazole rings is 1. The third-order valence-corrected chi connectivity index (χ3v) is 6.78. The minimum atomic E-state index is -0.443. The second-order valence-electron chi connectivity index (χ2n) is 9.32. The molecule has 0 aliphatic rings. The van der Waals surface area contributed by atoms with Gasteiger partial charge in [0.1, 0.15) is 5.82 Å². The van der Waals surface area contributed by atoms with E-state index < -0.39 is 11.2 Å². The van der Waals surface area contributed by atoms with Crippen LogP contribution in [0.25, 0.3) is 22.6 Å². The van der Waals surface area contributed by atoms with E-state index in [-0.39, 0.29) is 5.41 Å². The van der Waals surface area contributed by atoms with Gasteiger partial charge in [-0.05, 0) is 17.4 Å². The van der Waals surface area contributed by atoms with Crippen molar-refractivity contribution in [3.63, 3.8) is 0 Å². The van der Waals surface area contributed by atoms with Gasteiger partial charge in [0, 0.05) is 19.2 Å². The molecule has 0 aliphatic heterocycles. The highest BCUT2D eigenvalue weighted by atomic mass is 32.2. The van der Waals surface area contributed by atoms with Crippen LogP contribution in [0, 0.1) is 0 Å². The van der Waals surface area contributed by atoms with Crippen molar-refractivity contribution >= 4 is 22.9 Å². The fourth-order valence-corrected chi connectivity index (χ4v) is 4.61. The number of aromatic nitrogens is 7. The van der Waals surface area contributed by atoms with Crippen LogP contribution in [0.3, 0.4) is 0 Å². The van der Waals surface area contributed by atoms with Crippen LogP contribution in [0.4, 0.5) is 0 Å². The Kier molecular flexibility index (Phi) is 6.39. The number of thioether (sulfide) groups is 1. The Morgan fingerprint density at radius 3 is 2.47 bits per heavy atom. The van der Waals surface area contributed by atoms with Crippen LogP contribution in [0.15, 0.2) is 39.0 Å². The van der Waals surface area contributed by atoms with E-state index >= 15 is 0 Å². The first-order valence-electron chi connectivity index (χ1n) is 11.2. The molecule has 0 amide bonds. The number of H-pyrrole nitrogens is 1. The monoisotopic (exact) mass is 482 g/mol. The zero-order valence-electron chi connectivity index (χ0n) is 20.1. The quantitative estimate of drug-likeness (QED) is 0.306. The lowest BCUT2D eigenvalue weighted by Crippen LogP contribution is -2.31. The van der Waals surface area contributed by atoms with Crippen LogP contribution >= 0.6 is 11.8 Å². The van der Waals surface area contributed by atoms with Crippen LogP contribution in [-0.4, -0.2) is 34.0 Å². The van der Waals surface area contributed by atoms with Crippen molar-refractivity contribution in [1.82, 2.24) is 34.0 Å². The van der Waals surface area contributed by atoms with Gasteiger partial charge in [-0.15, -0.1) is 10.2 Å². The number of rotatable bonds is 7. The normalized spacial score (nSPS) is 12.0. The predicted molar refractivity (Wildman–Crippen MR) is 134 cm³/mol. The molecule has 0 aliphatic carbocycles. The summed E-state index contributed by atoms with van der Waals surface area (Å²) in [6.07, 6.45) is 1.74. The Balaban J connectivity index is 1.60. The van der Waals surface area contributed by atoms with Crippen molar-refractivity contribution in [3.05, 3.63) is 56.5 Å². The molecule has 180 valence electrons. The molecular formula is C23H30N8O2S. The molecule has 0 unspecified atom stereocenters. The van der Waals surface area contributed by atoms with E-state index in [1.165, 1.54) is 26.6 Å². The van der Waals surface area contributed by atoms with Gasteiger partial charge in [-0.1, -0.05) is 70.1 Å². The summed E-state index contributed by atoms with van der Waals surface area (Å²) in [5.74, 6) is 7.92. The van der Waals surface area contributed by atoms with Gasteiger partial charge in [0.05, 0.1) is 5.75 Å². The number of unbranched alkanes of at least 4 members (excludes halogenated alkanes) is 1. The number of nitrogens with zero attached hydrogens (tertiary/aromatic N) is 6. The summed E-state index contributed by atoms with van der Waals surface area (Å²) in [5.41, 5.74) is 2.06. The van der Waals surface area contributed by atoms with E-state index in [4.69, 9.17) is 5.84 Å². The predicted octanol–water partition coefficient (Wildman–Crippen LogP) is 2.79. The van der Waals surface area contributed by atoms with Gasteiger partial charge in [-0.3, -0.25) is 14.3 Å². The number of hydrogen-bond donors (Lipinski definition) is 2. The Labute approximate surface area is 201 Å². The number of nitrogen functional groups attached to an aromatic ring is 1. The van der Waals surface area contributed by atoms with Crippen LogP contribution in [0.5, 0.6) is 0 Å². The molecule has 0 fully saturated rings. The van der Waals surface area contributed by atoms with Gasteiger partial charge in [-0.25, -0.2) is 14.5 Å². The third-order valence-electron chi connectivity index (χ3n) is 5.85. The van der Waals surface area contributed by atoms with Gasteiger partial charge in [0.15, 0.2) is 17.0 Å². The summed E-state index contributed by atoms with van der Waals surface area (Å²) >= 11 is 1.37. The van der Waals surface area contributed by atoms with Crippen LogP contribution < -0.4 is 17.1 Å². The molecule has 0 spiro atoms. The SMILES string of the molecule is CCCCn1c(=O)[nH]c(=O)c2c1nc(CSc1nnc(-c3ccc(C(C)(C)C)cc3)n1N)n2C. The second kappa shape index (κ2) is 9.13. The van der Waals surface area contributed by atoms with Gasteiger partial charge in [0.25, 0.3) is 5.56 Å². The topological polar surface area (TPSA) is 129 Å². The summed E-state index contributed by atoms with van der Waals surface area (Å²) in [7, 11) is 1.77. The summed E-state index contributed by atoms with van der Waals surface area (Å²) < 4.78 is 4.70. The Bertz CT molecular complexity index is 1440. The van der Waals surface area contributed by atoms with E-state index in [9.17, 15) is 9.59 Å². The average molecular weight is 483 g/mol. The number of nitrogens with one attached hydrogen (secondary N) is 1. The maximum absolute atomic E-state index is 12.5. The number of nitrogens with two attached hydrogens (primary N) is 1. The molecule has 0 bridgehead atoms. The molecule has 3 N–H and O–H groups in total. The highest BCUT2D eigenvalue weighted by Gasteiger charge is 2.19. The molecule has 0 saturated heterocycles. The number of fused-ring (bicyclic) bond motifs is 1. The molecule has 0 atom stereocenters. The van der Waals surface area contributed by atoms with E-state index in [2.05, 4.69) is 53.1 Å². The largest absolute Gasteiger partial charge is 0.335 e. The Morgan fingerprint density at radius 1 is 1.12 bits per heavy atom. The zero-order valence-corrected chi connectivity index (χ0v) is 20.9. The summed E-state index contributed by atoms with van der Waals surface area (Å²) in [5, 5.41) is 9.04. The van der Waals surface area contributed by atoms with Gasteiger partial charge < -0.3 is 10.4 Å². The maximum atomic E-state index is 12.5. The lowest BCUT2D eigenvalue weighted by molar-refractivity contribution is 0.590. The van der Waals surface area contributed by atoms with Crippen molar-refractivity contribution in [2.24, 2.45) is 7.05 Å². The fraction of sp³-hybridized carbons (Fsp3) is 0.435. The van der Waals surface area contributed by atoms with Crippen LogP contribution in [0.2, 0.25) is 0 Å². The summed E-state index contributed by atoms with van der Waals surface area (Å²) in [4.78, 5) is 31.8. The van der Waals surface area contributed by atoms with Crippen LogP contribution in [0.1, 0.15) is 51.9 Å². The van der Waals surface area contributed by atoms with Crippen molar-refractivity contribution in [3.8, 4) is 11.4 Å². The Morgan fingerprint density at radius 2 is 1.82 bits per heavy atom. The van der Waals surface area contributed by atoms with Crippen LogP contribution in [-0.2, 0) is 24.8 Å². The first-order valence-corrected chi connectivity index (χ1v) is 12.2. The van der Waals surface area contributed by atoms with E-state index in [1.54, 1.807) is 11.6 Å². The molecule has 0 saturated carbocycles. The van der Waals surface area contributed by atoms with Crippen molar-refractivity contribution in [1.29, 1.82) is 0 Å². The second-order valence-corrected chi connectivity index (χ2v) is 10.3. The maximum Gasteiger partial charge on any atom is 0.330 e. The molecule has 10 nitrogen and oxygen atoms in total. The molecule has 4 aromatic rings. The standard InChI is InChI=1S/C23H30N8O2S/c1-6-7-12-30-19-17(20(32)26-21(30)33)29(5)16(25-19)13-34-22-28-27-18(31(22)24)14-8-10-15(11-9-14)23(2,3)4/h8-11H,6-7,12-13,24H2,1-5H3,(H,26,32,33). The van der Waals surface area contributed by atoms with Crippen molar-refractivity contribution < 1.29 is 0 Å². The molecule has 3 heterocycles. The van der Waals surface area contributed by atoms with Gasteiger partial charge in [0.2, 0.25) is 5.16 Å². The molecular weight excluding hydrogens is 452 g/mol. The lowest BCUT2D eigenvalue weighted by Gasteiger charge is -2.19. The number of aromatic amines is 1. The smallest absolute Gasteiger partial charge is 0.330 e. The number of hydrogen-bond acceptors (Lipinski definition) is 7. The molecule has 34 heavy (non-hydrogen) atoms. The van der Waals surface area contributed by atoms with E-state index in [1.807, 2.05) is 19.1 Å². The molecule has 1 aromatic carbocycles. The molecule has 0 radical (unpaired) electrons. The zero-order chi connectivity index (χ0) is 24.6. The third kappa shape index (κ3) is 4.39. The fourth-order valence-electron chi connectivity index (χ4n) is 3.76. The van der Waals surface area contributed by atoms with Gasteiger partial charge >= 0.3 is 5.69 Å². The molecule has 11 heteroatoms. The average Bonchev–Trinajstić information content (AvgIpc) is 3.31. The Hall–Kier alpha value is -3.34. The molecule has 4 rings (SSSR count). The number of benzene rings is 1. The van der Waals surface area contributed by atoms with Gasteiger partial charge in [-0.2, -0.15) is 0 Å². The van der Waals surface area contributed by atoms with E-state index in [0.29, 0.717) is 40.3 Å². The minimum absolute atomic E-state index is 0.0603. The lowest BCUT2D eigenvalue weighted by atomic mass is 9.87. The van der Waals surface area contributed by atoms with Crippen molar-refractivity contribution in [2.75, 3.05) is 5.84 Å². The first-order chi connectivity index (χ1) is 16.1. The first kappa shape index (κ1) is 23.8. The van der Waals surface area contributed by atoms with Crippen molar-refractivity contribution in [2.45, 2.75) is 63.4 Å². The highest BCUT2D eigenvalue weighted by molar-refractivity contribution is 7.98. The highest BCUT2D eigenvalue weighted by Crippen LogP contribution is 2.27. The molecule has 3 aromatic heterocycles.